The third kappa shape index (κ3) is 4.03. The number of benzene rings is 2. The number of halogens is 2. The molecular weight excluding hydrogens is 311 g/mol. The topological polar surface area (TPSA) is 38.7 Å². The van der Waals surface area contributed by atoms with Crippen molar-refractivity contribution in [3.63, 3.8) is 0 Å². The molecule has 5 heteroatoms. The van der Waals surface area contributed by atoms with Crippen LogP contribution in [-0.4, -0.2) is 18.8 Å². The smallest absolute Gasteiger partial charge is 0.121 e. The van der Waals surface area contributed by atoms with Gasteiger partial charge in [0.15, 0.2) is 0 Å². The number of hydrogen-bond donors (Lipinski definition) is 1. The van der Waals surface area contributed by atoms with Crippen LogP contribution in [0.4, 0.5) is 0 Å². The first-order chi connectivity index (χ1) is 9.92. The van der Waals surface area contributed by atoms with Gasteiger partial charge in [0, 0.05) is 0 Å². The summed E-state index contributed by atoms with van der Waals surface area (Å²) in [6.45, 7) is 1.76. The van der Waals surface area contributed by atoms with Crippen LogP contribution >= 0.6 is 23.2 Å². The molecule has 0 amide bonds. The van der Waals surface area contributed by atoms with Crippen LogP contribution in [0.2, 0.25) is 10.0 Å². The van der Waals surface area contributed by atoms with Gasteiger partial charge in [-0.05, 0) is 48.9 Å². The summed E-state index contributed by atoms with van der Waals surface area (Å²) in [5.74, 6) is 1.40. The summed E-state index contributed by atoms with van der Waals surface area (Å²) in [7, 11) is 1.60. The van der Waals surface area contributed by atoms with Crippen molar-refractivity contribution in [3.05, 3.63) is 58.1 Å². The Hall–Kier alpha value is -1.42. The van der Waals surface area contributed by atoms with Crippen molar-refractivity contribution >= 4 is 23.2 Å². The lowest BCUT2D eigenvalue weighted by atomic mass is 9.97. The van der Waals surface area contributed by atoms with Crippen LogP contribution in [0.25, 0.3) is 0 Å². The van der Waals surface area contributed by atoms with Gasteiger partial charge in [-0.25, -0.2) is 0 Å². The van der Waals surface area contributed by atoms with E-state index < -0.39 is 5.60 Å². The third-order valence-corrected chi connectivity index (χ3v) is 3.86. The highest BCUT2D eigenvalue weighted by atomic mass is 35.5. The van der Waals surface area contributed by atoms with Crippen LogP contribution in [0.3, 0.4) is 0 Å². The second-order valence-corrected chi connectivity index (χ2v) is 5.68. The second kappa shape index (κ2) is 6.56. The Morgan fingerprint density at radius 3 is 2.19 bits per heavy atom. The van der Waals surface area contributed by atoms with Crippen LogP contribution in [-0.2, 0) is 5.60 Å². The molecule has 0 heterocycles. The summed E-state index contributed by atoms with van der Waals surface area (Å²) in [5.41, 5.74) is -0.529. The van der Waals surface area contributed by atoms with E-state index in [1.54, 1.807) is 56.5 Å². The van der Waals surface area contributed by atoms with Gasteiger partial charge in [-0.2, -0.15) is 0 Å². The van der Waals surface area contributed by atoms with Crippen LogP contribution in [0.15, 0.2) is 42.5 Å². The van der Waals surface area contributed by atoms with E-state index in [1.165, 1.54) is 0 Å². The van der Waals surface area contributed by atoms with Crippen molar-refractivity contribution < 1.29 is 14.6 Å². The fourth-order valence-electron chi connectivity index (χ4n) is 1.81. The number of aliphatic hydroxyl groups is 1. The number of rotatable bonds is 5. The summed E-state index contributed by atoms with van der Waals surface area (Å²) in [6.07, 6.45) is 0. The molecule has 0 aliphatic rings. The fourth-order valence-corrected chi connectivity index (χ4v) is 2.11. The summed E-state index contributed by atoms with van der Waals surface area (Å²) in [5, 5.41) is 11.4. The van der Waals surface area contributed by atoms with Gasteiger partial charge in [0.2, 0.25) is 0 Å². The van der Waals surface area contributed by atoms with Crippen molar-refractivity contribution in [2.75, 3.05) is 13.7 Å². The Bertz CT molecular complexity index is 609. The average Bonchev–Trinajstić information content (AvgIpc) is 2.48. The molecule has 0 saturated carbocycles. The average molecular weight is 327 g/mol. The molecule has 0 bridgehead atoms. The van der Waals surface area contributed by atoms with Gasteiger partial charge in [0.1, 0.15) is 23.7 Å². The minimum atomic E-state index is -1.17. The minimum Gasteiger partial charge on any atom is -0.497 e. The molecule has 0 aliphatic carbocycles. The van der Waals surface area contributed by atoms with Gasteiger partial charge in [0.25, 0.3) is 0 Å². The Morgan fingerprint density at radius 1 is 1.00 bits per heavy atom. The number of hydrogen-bond acceptors (Lipinski definition) is 3. The number of methoxy groups -OCH3 is 1. The summed E-state index contributed by atoms with van der Waals surface area (Å²) in [4.78, 5) is 0. The molecular formula is C16H16Cl2O3. The summed E-state index contributed by atoms with van der Waals surface area (Å²) < 4.78 is 10.7. The highest BCUT2D eigenvalue weighted by molar-refractivity contribution is 6.42. The minimum absolute atomic E-state index is 0.0945. The zero-order valence-electron chi connectivity index (χ0n) is 11.8. The Morgan fingerprint density at radius 2 is 1.62 bits per heavy atom. The second-order valence-electron chi connectivity index (χ2n) is 4.87. The van der Waals surface area contributed by atoms with Crippen LogP contribution in [0, 0.1) is 0 Å². The van der Waals surface area contributed by atoms with E-state index in [0.29, 0.717) is 21.4 Å². The highest BCUT2D eigenvalue weighted by Crippen LogP contribution is 2.29. The van der Waals surface area contributed by atoms with Crippen LogP contribution in [0.5, 0.6) is 11.5 Å². The van der Waals surface area contributed by atoms with Gasteiger partial charge in [0.05, 0.1) is 17.2 Å². The molecule has 2 aromatic rings. The van der Waals surface area contributed by atoms with Crippen molar-refractivity contribution in [1.82, 2.24) is 0 Å². The Labute approximate surface area is 134 Å². The number of ether oxygens (including phenoxy) is 2. The van der Waals surface area contributed by atoms with E-state index in [0.717, 1.165) is 5.75 Å². The van der Waals surface area contributed by atoms with Gasteiger partial charge in [-0.3, -0.25) is 0 Å². The Balaban J connectivity index is 2.07. The maximum atomic E-state index is 10.5. The monoisotopic (exact) mass is 326 g/mol. The predicted molar refractivity (Wildman–Crippen MR) is 84.5 cm³/mol. The normalized spacial score (nSPS) is 13.6. The molecule has 2 aromatic carbocycles. The molecule has 112 valence electrons. The van der Waals surface area contributed by atoms with E-state index in [1.807, 2.05) is 0 Å². The standard InChI is InChI=1S/C16H16Cl2O3/c1-16(19,11-3-8-14(17)15(18)9-11)10-21-13-6-4-12(20-2)5-7-13/h3-9,19H,10H2,1-2H3. The zero-order chi connectivity index (χ0) is 15.5. The van der Waals surface area contributed by atoms with Crippen molar-refractivity contribution in [3.8, 4) is 11.5 Å². The van der Waals surface area contributed by atoms with Crippen LogP contribution in [0.1, 0.15) is 12.5 Å². The molecule has 0 saturated heterocycles. The van der Waals surface area contributed by atoms with Crippen LogP contribution < -0.4 is 9.47 Å². The lowest BCUT2D eigenvalue weighted by molar-refractivity contribution is 0.00759. The van der Waals surface area contributed by atoms with E-state index in [4.69, 9.17) is 32.7 Å². The molecule has 2 rings (SSSR count). The van der Waals surface area contributed by atoms with E-state index >= 15 is 0 Å². The van der Waals surface area contributed by atoms with Crippen molar-refractivity contribution in [2.45, 2.75) is 12.5 Å². The molecule has 0 aromatic heterocycles. The largest absolute Gasteiger partial charge is 0.497 e. The predicted octanol–water partition coefficient (Wildman–Crippen LogP) is 4.29. The first-order valence-corrected chi connectivity index (χ1v) is 7.13. The molecule has 1 N–H and O–H groups in total. The maximum absolute atomic E-state index is 10.5. The van der Waals surface area contributed by atoms with E-state index in [2.05, 4.69) is 0 Å². The molecule has 1 unspecified atom stereocenters. The van der Waals surface area contributed by atoms with Gasteiger partial charge >= 0.3 is 0 Å². The molecule has 21 heavy (non-hydrogen) atoms. The Kier molecular flexibility index (Phi) is 4.99. The molecule has 1 atom stereocenters. The van der Waals surface area contributed by atoms with Crippen molar-refractivity contribution in [1.29, 1.82) is 0 Å². The maximum Gasteiger partial charge on any atom is 0.121 e. The molecule has 3 nitrogen and oxygen atoms in total. The lowest BCUT2D eigenvalue weighted by Crippen LogP contribution is -2.29. The van der Waals surface area contributed by atoms with Gasteiger partial charge < -0.3 is 14.6 Å². The first kappa shape index (κ1) is 16.0. The molecule has 0 spiro atoms. The van der Waals surface area contributed by atoms with E-state index in [-0.39, 0.29) is 6.61 Å². The fraction of sp³-hybridized carbons (Fsp3) is 0.250. The third-order valence-electron chi connectivity index (χ3n) is 3.12. The molecule has 0 fully saturated rings. The summed E-state index contributed by atoms with van der Waals surface area (Å²) in [6, 6.07) is 12.2. The van der Waals surface area contributed by atoms with Gasteiger partial charge in [-0.1, -0.05) is 29.3 Å². The van der Waals surface area contributed by atoms with E-state index in [9.17, 15) is 5.11 Å². The first-order valence-electron chi connectivity index (χ1n) is 6.37. The zero-order valence-corrected chi connectivity index (χ0v) is 13.3. The van der Waals surface area contributed by atoms with Crippen molar-refractivity contribution in [2.24, 2.45) is 0 Å². The molecule has 0 aliphatic heterocycles. The molecule has 0 radical (unpaired) electrons. The lowest BCUT2D eigenvalue weighted by Gasteiger charge is -2.24. The quantitative estimate of drug-likeness (QED) is 0.890. The SMILES string of the molecule is COc1ccc(OCC(C)(O)c2ccc(Cl)c(Cl)c2)cc1. The summed E-state index contributed by atoms with van der Waals surface area (Å²) >= 11 is 11.8. The highest BCUT2D eigenvalue weighted by Gasteiger charge is 2.25. The van der Waals surface area contributed by atoms with Gasteiger partial charge in [-0.15, -0.1) is 0 Å².